The standard InChI is InChI=1S/C22H15F2N3O2S/c23-22(24)30-16-12-10-14(11-13-16)25-20(28)19-17-8-4-5-9-18(17)21(29)27(26-19)15-6-2-1-3-7-15/h1-13,22H,(H,25,28). The number of nitrogens with one attached hydrogen (secondary N) is 1. The third-order valence-corrected chi connectivity index (χ3v) is 5.08. The minimum Gasteiger partial charge on any atom is -0.321 e. The Balaban J connectivity index is 1.73. The van der Waals surface area contributed by atoms with Gasteiger partial charge in [-0.3, -0.25) is 9.59 Å². The fourth-order valence-electron chi connectivity index (χ4n) is 3.01. The maximum absolute atomic E-state index is 13.0. The molecule has 0 radical (unpaired) electrons. The third kappa shape index (κ3) is 4.08. The number of hydrogen-bond acceptors (Lipinski definition) is 4. The Bertz CT molecular complexity index is 1260. The van der Waals surface area contributed by atoms with Crippen molar-refractivity contribution < 1.29 is 13.6 Å². The second kappa shape index (κ2) is 8.46. The summed E-state index contributed by atoms with van der Waals surface area (Å²) >= 11 is 0.429. The van der Waals surface area contributed by atoms with Gasteiger partial charge < -0.3 is 5.32 Å². The Hall–Kier alpha value is -3.52. The Morgan fingerprint density at radius 2 is 1.53 bits per heavy atom. The van der Waals surface area contributed by atoms with Gasteiger partial charge in [0.1, 0.15) is 0 Å². The Kier molecular flexibility index (Phi) is 5.58. The highest BCUT2D eigenvalue weighted by atomic mass is 32.2. The number of benzene rings is 3. The average molecular weight is 423 g/mol. The summed E-state index contributed by atoms with van der Waals surface area (Å²) in [6.45, 7) is 0. The van der Waals surface area contributed by atoms with Crippen molar-refractivity contribution in [1.82, 2.24) is 9.78 Å². The first-order valence-electron chi connectivity index (χ1n) is 8.96. The average Bonchev–Trinajstić information content (AvgIpc) is 2.76. The van der Waals surface area contributed by atoms with Crippen LogP contribution in [0.15, 0.2) is 88.6 Å². The van der Waals surface area contributed by atoms with Crippen LogP contribution in [0.5, 0.6) is 0 Å². The highest BCUT2D eigenvalue weighted by Crippen LogP contribution is 2.26. The predicted octanol–water partition coefficient (Wildman–Crippen LogP) is 4.95. The molecule has 0 fully saturated rings. The SMILES string of the molecule is O=C(Nc1ccc(SC(F)F)cc1)c1nn(-c2ccccc2)c(=O)c2ccccc12. The van der Waals surface area contributed by atoms with E-state index in [0.717, 1.165) is 0 Å². The summed E-state index contributed by atoms with van der Waals surface area (Å²) in [5.74, 6) is -3.02. The van der Waals surface area contributed by atoms with Gasteiger partial charge in [-0.25, -0.2) is 0 Å². The van der Waals surface area contributed by atoms with Crippen LogP contribution >= 0.6 is 11.8 Å². The number of carbonyl (C=O) groups excluding carboxylic acids is 1. The Morgan fingerprint density at radius 1 is 0.900 bits per heavy atom. The van der Waals surface area contributed by atoms with Gasteiger partial charge in [0.25, 0.3) is 17.2 Å². The Morgan fingerprint density at radius 3 is 2.20 bits per heavy atom. The molecule has 0 atom stereocenters. The number of carbonyl (C=O) groups is 1. The van der Waals surface area contributed by atoms with Gasteiger partial charge in [-0.05, 0) is 42.5 Å². The molecule has 0 aliphatic heterocycles. The van der Waals surface area contributed by atoms with E-state index in [1.807, 2.05) is 6.07 Å². The normalized spacial score (nSPS) is 11.0. The lowest BCUT2D eigenvalue weighted by atomic mass is 10.1. The summed E-state index contributed by atoms with van der Waals surface area (Å²) in [6, 6.07) is 21.7. The minimum absolute atomic E-state index is 0.0834. The molecule has 150 valence electrons. The molecule has 0 aliphatic rings. The molecule has 5 nitrogen and oxygen atoms in total. The van der Waals surface area contributed by atoms with E-state index < -0.39 is 11.7 Å². The summed E-state index contributed by atoms with van der Waals surface area (Å²) in [5.41, 5.74) is 0.722. The van der Waals surface area contributed by atoms with Crippen LogP contribution in [0.1, 0.15) is 10.5 Å². The van der Waals surface area contributed by atoms with Crippen molar-refractivity contribution in [2.45, 2.75) is 10.7 Å². The summed E-state index contributed by atoms with van der Waals surface area (Å²) in [6.07, 6.45) is 0. The topological polar surface area (TPSA) is 64.0 Å². The van der Waals surface area contributed by atoms with Gasteiger partial charge in [-0.1, -0.05) is 48.2 Å². The molecule has 30 heavy (non-hydrogen) atoms. The number of aromatic nitrogens is 2. The quantitative estimate of drug-likeness (QED) is 0.461. The molecule has 0 unspecified atom stereocenters. The first-order chi connectivity index (χ1) is 14.5. The van der Waals surface area contributed by atoms with Crippen molar-refractivity contribution >= 4 is 34.1 Å². The molecule has 0 aliphatic carbocycles. The van der Waals surface area contributed by atoms with Crippen molar-refractivity contribution in [2.75, 3.05) is 5.32 Å². The van der Waals surface area contributed by atoms with Crippen LogP contribution in [0.2, 0.25) is 0 Å². The number of anilines is 1. The Labute approximate surface area is 174 Å². The van der Waals surface area contributed by atoms with Crippen molar-refractivity contribution in [3.05, 3.63) is 94.9 Å². The molecular formula is C22H15F2N3O2S. The van der Waals surface area contributed by atoms with Gasteiger partial charge in [-0.15, -0.1) is 0 Å². The van der Waals surface area contributed by atoms with E-state index in [2.05, 4.69) is 10.4 Å². The molecule has 1 heterocycles. The van der Waals surface area contributed by atoms with Gasteiger partial charge in [-0.2, -0.15) is 18.6 Å². The largest absolute Gasteiger partial charge is 0.321 e. The van der Waals surface area contributed by atoms with Crippen molar-refractivity contribution in [1.29, 1.82) is 0 Å². The predicted molar refractivity (Wildman–Crippen MR) is 114 cm³/mol. The molecular weight excluding hydrogens is 408 g/mol. The number of halogens is 2. The first kappa shape index (κ1) is 19.8. The lowest BCUT2D eigenvalue weighted by Crippen LogP contribution is -2.26. The third-order valence-electron chi connectivity index (χ3n) is 4.36. The van der Waals surface area contributed by atoms with E-state index in [0.29, 0.717) is 38.8 Å². The van der Waals surface area contributed by atoms with Crippen LogP contribution < -0.4 is 10.9 Å². The zero-order valence-electron chi connectivity index (χ0n) is 15.5. The van der Waals surface area contributed by atoms with E-state index in [4.69, 9.17) is 0 Å². The smallest absolute Gasteiger partial charge is 0.288 e. The van der Waals surface area contributed by atoms with E-state index in [9.17, 15) is 18.4 Å². The first-order valence-corrected chi connectivity index (χ1v) is 9.84. The van der Waals surface area contributed by atoms with E-state index >= 15 is 0 Å². The number of nitrogens with zero attached hydrogens (tertiary/aromatic N) is 2. The summed E-state index contributed by atoms with van der Waals surface area (Å²) in [5, 5.41) is 7.82. The van der Waals surface area contributed by atoms with Crippen molar-refractivity contribution in [3.8, 4) is 5.69 Å². The molecule has 0 saturated heterocycles. The number of hydrogen-bond donors (Lipinski definition) is 1. The maximum atomic E-state index is 13.0. The van der Waals surface area contributed by atoms with Crippen LogP contribution in [0.25, 0.3) is 16.5 Å². The van der Waals surface area contributed by atoms with Gasteiger partial charge in [0, 0.05) is 16.0 Å². The van der Waals surface area contributed by atoms with Crippen LogP contribution in [-0.4, -0.2) is 21.4 Å². The van der Waals surface area contributed by atoms with Crippen LogP contribution in [0.4, 0.5) is 14.5 Å². The molecule has 0 spiro atoms. The number of thioether (sulfide) groups is 1. The summed E-state index contributed by atoms with van der Waals surface area (Å²) in [4.78, 5) is 26.3. The van der Waals surface area contributed by atoms with Gasteiger partial charge in [0.15, 0.2) is 5.69 Å². The number of alkyl halides is 2. The number of para-hydroxylation sites is 1. The minimum atomic E-state index is -2.51. The second-order valence-electron chi connectivity index (χ2n) is 6.30. The van der Waals surface area contributed by atoms with Gasteiger partial charge >= 0.3 is 0 Å². The van der Waals surface area contributed by atoms with E-state index in [-0.39, 0.29) is 11.3 Å². The molecule has 1 amide bonds. The molecule has 3 aromatic carbocycles. The molecule has 4 aromatic rings. The molecule has 0 saturated carbocycles. The van der Waals surface area contributed by atoms with Crippen LogP contribution in [0, 0.1) is 0 Å². The van der Waals surface area contributed by atoms with Gasteiger partial charge in [0.2, 0.25) is 0 Å². The van der Waals surface area contributed by atoms with Gasteiger partial charge in [0.05, 0.1) is 11.1 Å². The molecule has 8 heteroatoms. The van der Waals surface area contributed by atoms with Crippen molar-refractivity contribution in [2.24, 2.45) is 0 Å². The second-order valence-corrected chi connectivity index (χ2v) is 7.37. The number of amides is 1. The van der Waals surface area contributed by atoms with Crippen LogP contribution in [0.3, 0.4) is 0 Å². The highest BCUT2D eigenvalue weighted by Gasteiger charge is 2.17. The molecule has 4 rings (SSSR count). The number of rotatable bonds is 5. The highest BCUT2D eigenvalue weighted by molar-refractivity contribution is 7.99. The summed E-state index contributed by atoms with van der Waals surface area (Å²) < 4.78 is 26.1. The van der Waals surface area contributed by atoms with Crippen LogP contribution in [-0.2, 0) is 0 Å². The fraction of sp³-hybridized carbons (Fsp3) is 0.0455. The lowest BCUT2D eigenvalue weighted by molar-refractivity contribution is 0.102. The van der Waals surface area contributed by atoms with Crippen molar-refractivity contribution in [3.63, 3.8) is 0 Å². The van der Waals surface area contributed by atoms with E-state index in [1.165, 1.54) is 28.9 Å². The number of fused-ring (bicyclic) bond motifs is 1. The molecule has 0 bridgehead atoms. The zero-order chi connectivity index (χ0) is 21.1. The lowest BCUT2D eigenvalue weighted by Gasteiger charge is -2.11. The molecule has 1 N–H and O–H groups in total. The molecule has 1 aromatic heterocycles. The fourth-order valence-corrected chi connectivity index (χ4v) is 3.51. The monoisotopic (exact) mass is 423 g/mol. The maximum Gasteiger partial charge on any atom is 0.288 e. The zero-order valence-corrected chi connectivity index (χ0v) is 16.3. The summed E-state index contributed by atoms with van der Waals surface area (Å²) in [7, 11) is 0. The van der Waals surface area contributed by atoms with E-state index in [1.54, 1.807) is 48.5 Å².